The van der Waals surface area contributed by atoms with E-state index in [9.17, 15) is 4.79 Å². The first-order chi connectivity index (χ1) is 7.58. The molecular weight excluding hydrogens is 268 g/mol. The number of benzene rings is 1. The number of carbonyl (C=O) groups is 1. The maximum absolute atomic E-state index is 11.9. The molecule has 1 amide bonds. The summed E-state index contributed by atoms with van der Waals surface area (Å²) in [4.78, 5) is 15.0. The second-order valence-electron chi connectivity index (χ2n) is 4.02. The minimum Gasteiger partial charge on any atom is -0.360 e. The first-order valence-corrected chi connectivity index (χ1v) is 5.94. The Morgan fingerprint density at radius 2 is 2.19 bits per heavy atom. The van der Waals surface area contributed by atoms with Gasteiger partial charge in [0.1, 0.15) is 0 Å². The summed E-state index contributed by atoms with van der Waals surface area (Å²) >= 11 is 3.41. The van der Waals surface area contributed by atoms with Crippen LogP contribution in [0.25, 0.3) is 10.9 Å². The molecule has 0 radical (unpaired) electrons. The Balaban J connectivity index is 2.44. The molecule has 4 heteroatoms. The van der Waals surface area contributed by atoms with Crippen LogP contribution in [-0.4, -0.2) is 16.9 Å². The van der Waals surface area contributed by atoms with Crippen LogP contribution in [0.4, 0.5) is 0 Å². The van der Waals surface area contributed by atoms with Crippen molar-refractivity contribution >= 4 is 32.7 Å². The Morgan fingerprint density at radius 1 is 1.44 bits per heavy atom. The molecule has 84 valence electrons. The van der Waals surface area contributed by atoms with Gasteiger partial charge < -0.3 is 10.3 Å². The number of amides is 1. The van der Waals surface area contributed by atoms with E-state index >= 15 is 0 Å². The zero-order valence-corrected chi connectivity index (χ0v) is 10.8. The number of hydrogen-bond donors (Lipinski definition) is 2. The average molecular weight is 281 g/mol. The largest absolute Gasteiger partial charge is 0.360 e. The lowest BCUT2D eigenvalue weighted by atomic mass is 10.1. The molecule has 0 spiro atoms. The quantitative estimate of drug-likeness (QED) is 0.873. The van der Waals surface area contributed by atoms with Crippen LogP contribution >= 0.6 is 15.9 Å². The third kappa shape index (κ3) is 2.11. The third-order valence-electron chi connectivity index (χ3n) is 2.31. The normalized spacial score (nSPS) is 11.0. The summed E-state index contributed by atoms with van der Waals surface area (Å²) in [6.07, 6.45) is 1.74. The summed E-state index contributed by atoms with van der Waals surface area (Å²) in [5.74, 6) is -0.0423. The molecule has 3 nitrogen and oxygen atoms in total. The van der Waals surface area contributed by atoms with Crippen LogP contribution < -0.4 is 5.32 Å². The highest BCUT2D eigenvalue weighted by molar-refractivity contribution is 9.10. The van der Waals surface area contributed by atoms with Crippen molar-refractivity contribution in [3.8, 4) is 0 Å². The van der Waals surface area contributed by atoms with Crippen molar-refractivity contribution in [2.75, 3.05) is 0 Å². The van der Waals surface area contributed by atoms with Crippen molar-refractivity contribution in [3.63, 3.8) is 0 Å². The fraction of sp³-hybridized carbons (Fsp3) is 0.250. The molecule has 0 atom stereocenters. The first kappa shape index (κ1) is 11.2. The van der Waals surface area contributed by atoms with Gasteiger partial charge in [-0.15, -0.1) is 0 Å². The van der Waals surface area contributed by atoms with Crippen molar-refractivity contribution in [1.82, 2.24) is 10.3 Å². The van der Waals surface area contributed by atoms with Gasteiger partial charge in [0.05, 0.1) is 5.56 Å². The van der Waals surface area contributed by atoms with Gasteiger partial charge in [0.25, 0.3) is 5.91 Å². The second-order valence-corrected chi connectivity index (χ2v) is 4.94. The van der Waals surface area contributed by atoms with E-state index < -0.39 is 0 Å². The lowest BCUT2D eigenvalue weighted by Gasteiger charge is -2.07. The highest BCUT2D eigenvalue weighted by Gasteiger charge is 2.12. The van der Waals surface area contributed by atoms with Gasteiger partial charge in [0, 0.05) is 27.6 Å². The van der Waals surface area contributed by atoms with Crippen molar-refractivity contribution in [2.24, 2.45) is 0 Å². The van der Waals surface area contributed by atoms with Gasteiger partial charge in [0.2, 0.25) is 0 Å². The number of fused-ring (bicyclic) bond motifs is 1. The Labute approximate surface area is 102 Å². The van der Waals surface area contributed by atoms with Gasteiger partial charge in [-0.3, -0.25) is 4.79 Å². The highest BCUT2D eigenvalue weighted by Crippen LogP contribution is 2.22. The van der Waals surface area contributed by atoms with Gasteiger partial charge in [-0.25, -0.2) is 0 Å². The van der Waals surface area contributed by atoms with E-state index in [0.29, 0.717) is 5.56 Å². The summed E-state index contributed by atoms with van der Waals surface area (Å²) in [7, 11) is 0. The third-order valence-corrected chi connectivity index (χ3v) is 2.80. The van der Waals surface area contributed by atoms with Crippen LogP contribution in [0, 0.1) is 0 Å². The molecule has 0 aliphatic rings. The van der Waals surface area contributed by atoms with E-state index in [1.807, 2.05) is 32.0 Å². The minimum atomic E-state index is -0.0423. The summed E-state index contributed by atoms with van der Waals surface area (Å²) in [5.41, 5.74) is 1.65. The molecule has 0 bridgehead atoms. The molecule has 0 unspecified atom stereocenters. The number of hydrogen-bond acceptors (Lipinski definition) is 1. The lowest BCUT2D eigenvalue weighted by Crippen LogP contribution is -2.29. The number of nitrogens with one attached hydrogen (secondary N) is 2. The van der Waals surface area contributed by atoms with Crippen LogP contribution in [0.1, 0.15) is 24.2 Å². The predicted molar refractivity (Wildman–Crippen MR) is 68.6 cm³/mol. The molecule has 1 aromatic carbocycles. The summed E-state index contributed by atoms with van der Waals surface area (Å²) in [6, 6.07) is 5.99. The average Bonchev–Trinajstić information content (AvgIpc) is 2.59. The van der Waals surface area contributed by atoms with E-state index in [4.69, 9.17) is 0 Å². The summed E-state index contributed by atoms with van der Waals surface area (Å²) < 4.78 is 0.971. The maximum atomic E-state index is 11.9. The molecule has 16 heavy (non-hydrogen) atoms. The van der Waals surface area contributed by atoms with Crippen molar-refractivity contribution < 1.29 is 4.79 Å². The number of H-pyrrole nitrogens is 1. The number of rotatable bonds is 2. The van der Waals surface area contributed by atoms with Gasteiger partial charge in [-0.2, -0.15) is 0 Å². The molecule has 0 fully saturated rings. The molecule has 0 saturated carbocycles. The van der Waals surface area contributed by atoms with E-state index in [1.54, 1.807) is 6.20 Å². The highest BCUT2D eigenvalue weighted by atomic mass is 79.9. The molecule has 0 saturated heterocycles. The van der Waals surface area contributed by atoms with E-state index in [-0.39, 0.29) is 11.9 Å². The first-order valence-electron chi connectivity index (χ1n) is 5.15. The summed E-state index contributed by atoms with van der Waals surface area (Å²) in [6.45, 7) is 3.89. The number of carbonyl (C=O) groups excluding carboxylic acids is 1. The fourth-order valence-corrected chi connectivity index (χ4v) is 1.98. The molecule has 2 aromatic rings. The molecule has 0 aliphatic carbocycles. The van der Waals surface area contributed by atoms with Crippen LogP contribution in [0.3, 0.4) is 0 Å². The van der Waals surface area contributed by atoms with E-state index in [0.717, 1.165) is 15.4 Å². The zero-order valence-electron chi connectivity index (χ0n) is 9.17. The predicted octanol–water partition coefficient (Wildman–Crippen LogP) is 3.07. The van der Waals surface area contributed by atoms with Gasteiger partial charge in [-0.1, -0.05) is 15.9 Å². The topological polar surface area (TPSA) is 44.9 Å². The van der Waals surface area contributed by atoms with Gasteiger partial charge >= 0.3 is 0 Å². The number of aromatic amines is 1. The van der Waals surface area contributed by atoms with Gasteiger partial charge in [0.15, 0.2) is 0 Å². The molecule has 1 heterocycles. The van der Waals surface area contributed by atoms with Crippen LogP contribution in [0.5, 0.6) is 0 Å². The SMILES string of the molecule is CC(C)NC(=O)c1c[nH]c2ccc(Br)cc12. The monoisotopic (exact) mass is 280 g/mol. The van der Waals surface area contributed by atoms with Crippen molar-refractivity contribution in [2.45, 2.75) is 19.9 Å². The summed E-state index contributed by atoms with van der Waals surface area (Å²) in [5, 5.41) is 3.82. The van der Waals surface area contributed by atoms with Gasteiger partial charge in [-0.05, 0) is 32.0 Å². The fourth-order valence-electron chi connectivity index (χ4n) is 1.62. The van der Waals surface area contributed by atoms with Crippen LogP contribution in [0.2, 0.25) is 0 Å². The van der Waals surface area contributed by atoms with E-state index in [2.05, 4.69) is 26.2 Å². The molecule has 1 aromatic heterocycles. The lowest BCUT2D eigenvalue weighted by molar-refractivity contribution is 0.0945. The molecule has 0 aliphatic heterocycles. The van der Waals surface area contributed by atoms with Crippen molar-refractivity contribution in [1.29, 1.82) is 0 Å². The second kappa shape index (κ2) is 4.29. The molecule has 2 rings (SSSR count). The van der Waals surface area contributed by atoms with E-state index in [1.165, 1.54) is 0 Å². The number of halogens is 1. The molecule has 2 N–H and O–H groups in total. The van der Waals surface area contributed by atoms with Crippen LogP contribution in [0.15, 0.2) is 28.9 Å². The van der Waals surface area contributed by atoms with Crippen LogP contribution in [-0.2, 0) is 0 Å². The number of aromatic nitrogens is 1. The maximum Gasteiger partial charge on any atom is 0.253 e. The minimum absolute atomic E-state index is 0.0423. The van der Waals surface area contributed by atoms with Crippen molar-refractivity contribution in [3.05, 3.63) is 34.4 Å². The standard InChI is InChI=1S/C12H13BrN2O/c1-7(2)15-12(16)10-6-14-11-4-3-8(13)5-9(10)11/h3-7,14H,1-2H3,(H,15,16). The Hall–Kier alpha value is -1.29. The molecular formula is C12H13BrN2O. The smallest absolute Gasteiger partial charge is 0.253 e. The Bertz CT molecular complexity index is 531. The Kier molecular flexibility index (Phi) is 3.01. The Morgan fingerprint density at radius 3 is 2.88 bits per heavy atom. The zero-order chi connectivity index (χ0) is 11.7.